The Hall–Kier alpha value is -5.64. The molecule has 0 unspecified atom stereocenters. The largest absolute Gasteiger partial charge is 0.509 e. The van der Waals surface area contributed by atoms with Gasteiger partial charge in [-0.25, -0.2) is 4.98 Å². The summed E-state index contributed by atoms with van der Waals surface area (Å²) in [5.74, 6) is 5.21. The number of ether oxygens (including phenoxy) is 1. The maximum Gasteiger partial charge on any atom is 0.135 e. The van der Waals surface area contributed by atoms with Gasteiger partial charge in [-0.2, -0.15) is 12.1 Å². The van der Waals surface area contributed by atoms with Crippen molar-refractivity contribution < 1.29 is 25.8 Å². The molecule has 0 spiro atoms. The normalized spacial score (nSPS) is 22.2. The number of rotatable bonds is 7. The van der Waals surface area contributed by atoms with Gasteiger partial charge in [-0.3, -0.25) is 0 Å². The number of benzene rings is 6. The predicted octanol–water partition coefficient (Wildman–Crippen LogP) is 15.3. The number of para-hydroxylation sites is 4. The molecule has 0 radical (unpaired) electrons. The summed E-state index contributed by atoms with van der Waals surface area (Å²) in [5.41, 5.74) is 11.8. The van der Waals surface area contributed by atoms with Crippen molar-refractivity contribution in [3.8, 4) is 17.3 Å². The van der Waals surface area contributed by atoms with Crippen LogP contribution in [0.5, 0.6) is 11.5 Å². The van der Waals surface area contributed by atoms with Crippen molar-refractivity contribution in [2.24, 2.45) is 23.7 Å². The first-order valence-electron chi connectivity index (χ1n) is 23.8. The third-order valence-corrected chi connectivity index (χ3v) is 15.4. The van der Waals surface area contributed by atoms with Gasteiger partial charge in [0, 0.05) is 66.8 Å². The molecule has 4 fully saturated rings. The van der Waals surface area contributed by atoms with Crippen molar-refractivity contribution >= 4 is 44.6 Å². The monoisotopic (exact) mass is 1040 g/mol. The second-order valence-corrected chi connectivity index (χ2v) is 21.4. The average molecular weight is 1050 g/mol. The maximum atomic E-state index is 6.76. The third-order valence-electron chi connectivity index (χ3n) is 15.4. The molecule has 5 aliphatic rings. The molecule has 4 aliphatic carbocycles. The van der Waals surface area contributed by atoms with Gasteiger partial charge in [0.25, 0.3) is 0 Å². The molecule has 3 heterocycles. The van der Waals surface area contributed by atoms with Gasteiger partial charge in [0.05, 0.1) is 0 Å². The quantitative estimate of drug-likeness (QED) is 0.149. The molecule has 0 N–H and O–H groups in total. The minimum absolute atomic E-state index is 0. The molecule has 2 aromatic heterocycles. The van der Waals surface area contributed by atoms with Crippen LogP contribution >= 0.6 is 0 Å². The number of anilines is 4. The van der Waals surface area contributed by atoms with E-state index in [1.54, 1.807) is 0 Å². The first-order valence-corrected chi connectivity index (χ1v) is 23.8. The van der Waals surface area contributed by atoms with E-state index in [-0.39, 0.29) is 37.3 Å². The summed E-state index contributed by atoms with van der Waals surface area (Å²) in [6, 6.07) is 58.1. The number of hydrogen-bond donors (Lipinski definition) is 0. The fraction of sp³-hybridized carbons (Fsp3) is 0.300. The Morgan fingerprint density at radius 1 is 0.591 bits per heavy atom. The van der Waals surface area contributed by atoms with E-state index in [2.05, 4.69) is 208 Å². The minimum Gasteiger partial charge on any atom is -0.509 e. The summed E-state index contributed by atoms with van der Waals surface area (Å²) in [6.07, 6.45) is 8.79. The summed E-state index contributed by atoms with van der Waals surface area (Å²) < 4.78 is 9.07. The van der Waals surface area contributed by atoms with Crippen LogP contribution in [0.2, 0.25) is 0 Å². The van der Waals surface area contributed by atoms with Gasteiger partial charge in [0.2, 0.25) is 0 Å². The first-order chi connectivity index (χ1) is 31.4. The van der Waals surface area contributed by atoms with Crippen molar-refractivity contribution in [1.29, 1.82) is 0 Å². The van der Waals surface area contributed by atoms with E-state index in [0.717, 1.165) is 51.1 Å². The summed E-state index contributed by atoms with van der Waals surface area (Å²) in [4.78, 5) is 9.78. The number of nitrogens with zero attached hydrogens (tertiary/aromatic N) is 4. The van der Waals surface area contributed by atoms with Crippen molar-refractivity contribution in [3.05, 3.63) is 187 Å². The summed E-state index contributed by atoms with van der Waals surface area (Å²) in [7, 11) is 0. The zero-order valence-corrected chi connectivity index (χ0v) is 41.1. The zero-order valence-electron chi connectivity index (χ0n) is 38.8. The third kappa shape index (κ3) is 6.85. The van der Waals surface area contributed by atoms with Gasteiger partial charge < -0.3 is 19.1 Å². The Morgan fingerprint density at radius 3 is 1.91 bits per heavy atom. The van der Waals surface area contributed by atoms with Crippen molar-refractivity contribution in [3.63, 3.8) is 0 Å². The molecule has 5 nitrogen and oxygen atoms in total. The molecule has 0 amide bonds. The van der Waals surface area contributed by atoms with Gasteiger partial charge in [-0.15, -0.1) is 48.1 Å². The van der Waals surface area contributed by atoms with Gasteiger partial charge in [0.1, 0.15) is 5.82 Å². The van der Waals surface area contributed by atoms with E-state index in [0.29, 0.717) is 23.3 Å². The van der Waals surface area contributed by atoms with Gasteiger partial charge in [-0.1, -0.05) is 126 Å². The average Bonchev–Trinajstić information content (AvgIpc) is 3.85. The van der Waals surface area contributed by atoms with Crippen molar-refractivity contribution in [1.82, 2.24) is 9.55 Å². The maximum absolute atomic E-state index is 6.76. The van der Waals surface area contributed by atoms with Crippen LogP contribution in [0.1, 0.15) is 95.9 Å². The van der Waals surface area contributed by atoms with Gasteiger partial charge >= 0.3 is 0 Å². The fourth-order valence-corrected chi connectivity index (χ4v) is 13.0. The number of hydrogen-bond acceptors (Lipinski definition) is 4. The molecule has 6 heteroatoms. The Morgan fingerprint density at radius 2 is 1.21 bits per heavy atom. The molecule has 66 heavy (non-hydrogen) atoms. The van der Waals surface area contributed by atoms with Crippen LogP contribution in [0.25, 0.3) is 27.6 Å². The molecule has 1 aliphatic heterocycles. The van der Waals surface area contributed by atoms with Crippen LogP contribution in [0.3, 0.4) is 0 Å². The second kappa shape index (κ2) is 16.0. The standard InChI is InChI=1S/C60H57N4O.Pt/c1-58(2,3)50-21-15-22-51(59(4,5)6)57(50)63-38-62(53-24-12-13-25-54(53)63)45-18-14-19-46(36-45)65-47-26-27-49-48-20-10-11-23-52(48)64(55(49)37-47)56-35-42(28-29-61-56)60(41-16-8-7-9-17-41)43-31-39-30-40(33-43)34-44(60)32-39;/h7-29,35,38-40,43-44H,30-34H2,1-6H3;/q-3;. The Labute approximate surface area is 405 Å². The SMILES string of the molecule is CC(C)(C)c1cccc(C(C)(C)C)c1N1[CH-]N(c2[c-]c(Oc3[c-]c4c(cc3)c3ccccc3n4-c3cc(C4(c5ccccc5)C5CC6CC(C5)CC4C6)ccn3)ccc2)c2ccccc21.[Pt]. The van der Waals surface area contributed by atoms with Crippen LogP contribution in [0, 0.1) is 42.5 Å². The predicted molar refractivity (Wildman–Crippen MR) is 266 cm³/mol. The van der Waals surface area contributed by atoms with Crippen LogP contribution in [-0.2, 0) is 37.3 Å². The summed E-state index contributed by atoms with van der Waals surface area (Å²) in [6.45, 7) is 16.0. The summed E-state index contributed by atoms with van der Waals surface area (Å²) >= 11 is 0. The zero-order chi connectivity index (χ0) is 44.2. The first kappa shape index (κ1) is 43.0. The second-order valence-electron chi connectivity index (χ2n) is 21.4. The molecule has 336 valence electrons. The summed E-state index contributed by atoms with van der Waals surface area (Å²) in [5, 5.41) is 2.30. The number of aromatic nitrogens is 2. The van der Waals surface area contributed by atoms with E-state index in [9.17, 15) is 0 Å². The molecule has 6 aromatic carbocycles. The van der Waals surface area contributed by atoms with E-state index in [4.69, 9.17) is 9.72 Å². The number of fused-ring (bicyclic) bond motifs is 4. The molecule has 0 saturated heterocycles. The topological polar surface area (TPSA) is 33.5 Å². The Bertz CT molecular complexity index is 3060. The van der Waals surface area contributed by atoms with Crippen molar-refractivity contribution in [2.45, 2.75) is 89.9 Å². The molecular weight excluding hydrogens is 988 g/mol. The van der Waals surface area contributed by atoms with Crippen LogP contribution in [0.4, 0.5) is 22.7 Å². The van der Waals surface area contributed by atoms with Crippen LogP contribution < -0.4 is 14.5 Å². The molecule has 4 saturated carbocycles. The van der Waals surface area contributed by atoms with Crippen molar-refractivity contribution in [2.75, 3.05) is 9.80 Å². The van der Waals surface area contributed by atoms with Crippen LogP contribution in [0.15, 0.2) is 146 Å². The van der Waals surface area contributed by atoms with E-state index in [1.807, 2.05) is 12.1 Å². The molecule has 4 bridgehead atoms. The van der Waals surface area contributed by atoms with Gasteiger partial charge in [-0.05, 0) is 125 Å². The molecule has 0 atom stereocenters. The number of pyridine rings is 1. The van der Waals surface area contributed by atoms with E-state index >= 15 is 0 Å². The Kier molecular flexibility index (Phi) is 10.4. The minimum atomic E-state index is -0.0616. The van der Waals surface area contributed by atoms with Gasteiger partial charge in [0.15, 0.2) is 0 Å². The van der Waals surface area contributed by atoms with E-state index in [1.165, 1.54) is 65.4 Å². The Balaban J connectivity index is 0.00000481. The van der Waals surface area contributed by atoms with Crippen LogP contribution in [-0.4, -0.2) is 9.55 Å². The molecule has 13 rings (SSSR count). The molecule has 8 aromatic rings. The fourth-order valence-electron chi connectivity index (χ4n) is 13.0. The smallest absolute Gasteiger partial charge is 0.135 e. The van der Waals surface area contributed by atoms with E-state index < -0.39 is 0 Å². The molecular formula is C60H57N4OPt-3.